The Morgan fingerprint density at radius 1 is 1.28 bits per heavy atom. The summed E-state index contributed by atoms with van der Waals surface area (Å²) in [7, 11) is 0. The predicted octanol–water partition coefficient (Wildman–Crippen LogP) is 3.52. The van der Waals surface area contributed by atoms with E-state index in [2.05, 4.69) is 5.32 Å². The van der Waals surface area contributed by atoms with Crippen molar-refractivity contribution in [2.24, 2.45) is 0 Å². The molecule has 0 unspecified atom stereocenters. The highest BCUT2D eigenvalue weighted by atomic mass is 19.4. The Kier molecular flexibility index (Phi) is 5.47. The van der Waals surface area contributed by atoms with Crippen molar-refractivity contribution in [3.8, 4) is 5.75 Å². The average molecular weight is 261 g/mol. The Morgan fingerprint density at radius 2 is 2.00 bits per heavy atom. The van der Waals surface area contributed by atoms with Gasteiger partial charge in [0.1, 0.15) is 5.75 Å². The number of alkyl halides is 3. The van der Waals surface area contributed by atoms with Crippen LogP contribution < -0.4 is 10.1 Å². The molecule has 0 aliphatic rings. The van der Waals surface area contributed by atoms with Gasteiger partial charge in [-0.3, -0.25) is 0 Å². The third-order valence-corrected chi connectivity index (χ3v) is 2.18. The van der Waals surface area contributed by atoms with E-state index >= 15 is 0 Å². The predicted molar refractivity (Wildman–Crippen MR) is 64.6 cm³/mol. The number of halogens is 3. The molecule has 102 valence electrons. The molecule has 0 saturated heterocycles. The Labute approximate surface area is 105 Å². The van der Waals surface area contributed by atoms with Crippen LogP contribution in [0.25, 0.3) is 0 Å². The minimum absolute atomic E-state index is 0.0707. The van der Waals surface area contributed by atoms with Gasteiger partial charge in [0.25, 0.3) is 0 Å². The fourth-order valence-corrected chi connectivity index (χ4v) is 1.46. The second-order valence-electron chi connectivity index (χ2n) is 4.36. The summed E-state index contributed by atoms with van der Waals surface area (Å²) in [5, 5.41) is 2.76. The molecule has 1 aromatic carbocycles. The number of hydrogen-bond donors (Lipinski definition) is 1. The van der Waals surface area contributed by atoms with E-state index in [1.165, 1.54) is 0 Å². The molecule has 5 heteroatoms. The van der Waals surface area contributed by atoms with Crippen LogP contribution >= 0.6 is 0 Å². The van der Waals surface area contributed by atoms with Gasteiger partial charge in [0.15, 0.2) is 0 Å². The van der Waals surface area contributed by atoms with Gasteiger partial charge in [-0.15, -0.1) is 0 Å². The molecule has 0 aliphatic heterocycles. The van der Waals surface area contributed by atoms with E-state index in [1.54, 1.807) is 0 Å². The monoisotopic (exact) mass is 261 g/mol. The standard InChI is InChI=1S/C13H18F3NO/c1-10(2)18-12-5-3-4-11(8-12)9-17-7-6-13(14,15)16/h3-5,8,10,17H,6-7,9H2,1-2H3. The first-order valence-electron chi connectivity index (χ1n) is 5.90. The van der Waals surface area contributed by atoms with Crippen LogP contribution in [0.4, 0.5) is 13.2 Å². The Morgan fingerprint density at radius 3 is 2.61 bits per heavy atom. The number of nitrogens with one attached hydrogen (secondary N) is 1. The van der Waals surface area contributed by atoms with Gasteiger partial charge < -0.3 is 10.1 Å². The molecular formula is C13H18F3NO. The largest absolute Gasteiger partial charge is 0.491 e. The molecule has 0 aliphatic carbocycles. The van der Waals surface area contributed by atoms with Gasteiger partial charge in [-0.25, -0.2) is 0 Å². The summed E-state index contributed by atoms with van der Waals surface area (Å²) in [5.41, 5.74) is 0.912. The maximum Gasteiger partial charge on any atom is 0.390 e. The summed E-state index contributed by atoms with van der Waals surface area (Å²) in [6.45, 7) is 4.19. The van der Waals surface area contributed by atoms with E-state index < -0.39 is 12.6 Å². The number of benzene rings is 1. The molecule has 0 aromatic heterocycles. The first-order chi connectivity index (χ1) is 8.37. The summed E-state index contributed by atoms with van der Waals surface area (Å²) >= 11 is 0. The molecule has 0 heterocycles. The minimum atomic E-state index is -4.10. The highest BCUT2D eigenvalue weighted by molar-refractivity contribution is 5.28. The van der Waals surface area contributed by atoms with Crippen molar-refractivity contribution in [1.82, 2.24) is 5.32 Å². The normalized spacial score (nSPS) is 11.9. The van der Waals surface area contributed by atoms with Crippen LogP contribution in [-0.2, 0) is 6.54 Å². The van der Waals surface area contributed by atoms with Gasteiger partial charge in [-0.05, 0) is 31.5 Å². The van der Waals surface area contributed by atoms with Gasteiger partial charge in [0.2, 0.25) is 0 Å². The molecule has 0 radical (unpaired) electrons. The molecule has 0 atom stereocenters. The summed E-state index contributed by atoms with van der Waals surface area (Å²) in [6, 6.07) is 7.35. The van der Waals surface area contributed by atoms with E-state index in [0.717, 1.165) is 11.3 Å². The minimum Gasteiger partial charge on any atom is -0.491 e. The SMILES string of the molecule is CC(C)Oc1cccc(CNCCC(F)(F)F)c1. The van der Waals surface area contributed by atoms with Crippen molar-refractivity contribution in [3.05, 3.63) is 29.8 Å². The molecule has 0 fully saturated rings. The third kappa shape index (κ3) is 6.49. The molecule has 0 amide bonds. The number of ether oxygens (including phenoxy) is 1. The summed E-state index contributed by atoms with van der Waals surface area (Å²) in [5.74, 6) is 0.736. The lowest BCUT2D eigenvalue weighted by molar-refractivity contribution is -0.133. The number of hydrogen-bond acceptors (Lipinski definition) is 2. The van der Waals surface area contributed by atoms with Gasteiger partial charge in [-0.2, -0.15) is 13.2 Å². The molecule has 0 saturated carbocycles. The van der Waals surface area contributed by atoms with E-state index in [9.17, 15) is 13.2 Å². The number of rotatable bonds is 6. The second-order valence-corrected chi connectivity index (χ2v) is 4.36. The second kappa shape index (κ2) is 6.64. The van der Waals surface area contributed by atoms with E-state index in [1.807, 2.05) is 38.1 Å². The van der Waals surface area contributed by atoms with E-state index in [-0.39, 0.29) is 12.6 Å². The van der Waals surface area contributed by atoms with Crippen LogP contribution in [0.1, 0.15) is 25.8 Å². The molecular weight excluding hydrogens is 243 g/mol. The summed E-state index contributed by atoms with van der Waals surface area (Å²) < 4.78 is 41.3. The zero-order valence-electron chi connectivity index (χ0n) is 10.6. The molecule has 0 spiro atoms. The van der Waals surface area contributed by atoms with Gasteiger partial charge >= 0.3 is 6.18 Å². The van der Waals surface area contributed by atoms with Gasteiger partial charge in [0.05, 0.1) is 12.5 Å². The molecule has 2 nitrogen and oxygen atoms in total. The van der Waals surface area contributed by atoms with Crippen molar-refractivity contribution in [2.75, 3.05) is 6.54 Å². The molecule has 1 aromatic rings. The van der Waals surface area contributed by atoms with E-state index in [0.29, 0.717) is 6.54 Å². The first kappa shape index (κ1) is 14.8. The van der Waals surface area contributed by atoms with Crippen molar-refractivity contribution in [2.45, 2.75) is 39.1 Å². The maximum absolute atomic E-state index is 11.9. The average Bonchev–Trinajstić information content (AvgIpc) is 2.23. The zero-order valence-corrected chi connectivity index (χ0v) is 10.6. The van der Waals surface area contributed by atoms with E-state index in [4.69, 9.17) is 4.74 Å². The summed E-state index contributed by atoms with van der Waals surface area (Å²) in [4.78, 5) is 0. The first-order valence-corrected chi connectivity index (χ1v) is 5.90. The third-order valence-electron chi connectivity index (χ3n) is 2.18. The molecule has 18 heavy (non-hydrogen) atoms. The molecule has 1 rings (SSSR count). The van der Waals surface area contributed by atoms with Crippen molar-refractivity contribution in [3.63, 3.8) is 0 Å². The molecule has 1 N–H and O–H groups in total. The lowest BCUT2D eigenvalue weighted by Crippen LogP contribution is -2.21. The fourth-order valence-electron chi connectivity index (χ4n) is 1.46. The molecule has 0 bridgehead atoms. The van der Waals surface area contributed by atoms with Crippen LogP contribution in [0, 0.1) is 0 Å². The van der Waals surface area contributed by atoms with Crippen LogP contribution in [0.3, 0.4) is 0 Å². The van der Waals surface area contributed by atoms with Gasteiger partial charge in [-0.1, -0.05) is 12.1 Å². The van der Waals surface area contributed by atoms with Crippen molar-refractivity contribution in [1.29, 1.82) is 0 Å². The quantitative estimate of drug-likeness (QED) is 0.791. The highest BCUT2D eigenvalue weighted by Crippen LogP contribution is 2.18. The van der Waals surface area contributed by atoms with Crippen LogP contribution in [0.5, 0.6) is 5.75 Å². The highest BCUT2D eigenvalue weighted by Gasteiger charge is 2.25. The van der Waals surface area contributed by atoms with Crippen LogP contribution in [-0.4, -0.2) is 18.8 Å². The lowest BCUT2D eigenvalue weighted by Gasteiger charge is -2.11. The smallest absolute Gasteiger partial charge is 0.390 e. The van der Waals surface area contributed by atoms with Crippen molar-refractivity contribution < 1.29 is 17.9 Å². The fraction of sp³-hybridized carbons (Fsp3) is 0.538. The van der Waals surface area contributed by atoms with Crippen molar-refractivity contribution >= 4 is 0 Å². The Bertz CT molecular complexity index is 363. The van der Waals surface area contributed by atoms with Gasteiger partial charge in [0, 0.05) is 13.1 Å². The Hall–Kier alpha value is -1.23. The summed E-state index contributed by atoms with van der Waals surface area (Å²) in [6.07, 6.45) is -4.83. The van der Waals surface area contributed by atoms with Crippen LogP contribution in [0.2, 0.25) is 0 Å². The zero-order chi connectivity index (χ0) is 13.6. The maximum atomic E-state index is 11.9. The lowest BCUT2D eigenvalue weighted by atomic mass is 10.2. The topological polar surface area (TPSA) is 21.3 Å². The van der Waals surface area contributed by atoms with Crippen LogP contribution in [0.15, 0.2) is 24.3 Å². The Balaban J connectivity index is 2.38.